The molecule has 0 unspecified atom stereocenters. The molecular weight excluding hydrogens is 256 g/mol. The van der Waals surface area contributed by atoms with Crippen molar-refractivity contribution >= 4 is 32.9 Å². The quantitative estimate of drug-likeness (QED) is 0.856. The molecule has 1 aromatic heterocycles. The lowest BCUT2D eigenvalue weighted by Crippen LogP contribution is -2.42. The van der Waals surface area contributed by atoms with Crippen LogP contribution in [0.4, 0.5) is 11.4 Å². The van der Waals surface area contributed by atoms with Crippen molar-refractivity contribution < 1.29 is 0 Å². The van der Waals surface area contributed by atoms with Gasteiger partial charge in [-0.3, -0.25) is 0 Å². The van der Waals surface area contributed by atoms with Gasteiger partial charge in [-0.25, -0.2) is 4.98 Å². The van der Waals surface area contributed by atoms with Crippen LogP contribution >= 0.6 is 11.3 Å². The lowest BCUT2D eigenvalue weighted by atomic mass is 10.0. The Hall–Kier alpha value is -1.33. The molecule has 3 rings (SSSR count). The van der Waals surface area contributed by atoms with Crippen molar-refractivity contribution in [1.82, 2.24) is 9.88 Å². The van der Waals surface area contributed by atoms with Crippen LogP contribution in [0.15, 0.2) is 17.6 Å². The topological polar surface area (TPSA) is 45.4 Å². The number of nitrogens with zero attached hydrogens (tertiary/aromatic N) is 3. The molecule has 1 aliphatic heterocycles. The monoisotopic (exact) mass is 276 g/mol. The number of nitrogens with two attached hydrogens (primary N) is 1. The van der Waals surface area contributed by atoms with Crippen molar-refractivity contribution in [3.63, 3.8) is 0 Å². The molecule has 19 heavy (non-hydrogen) atoms. The van der Waals surface area contributed by atoms with Crippen LogP contribution in [-0.4, -0.2) is 43.1 Å². The number of benzene rings is 1. The summed E-state index contributed by atoms with van der Waals surface area (Å²) in [6, 6.07) is 4.84. The summed E-state index contributed by atoms with van der Waals surface area (Å²) in [7, 11) is 4.34. The zero-order valence-electron chi connectivity index (χ0n) is 11.5. The fraction of sp³-hybridized carbons (Fsp3) is 0.500. The lowest BCUT2D eigenvalue weighted by molar-refractivity contribution is 0.253. The van der Waals surface area contributed by atoms with E-state index >= 15 is 0 Å². The van der Waals surface area contributed by atoms with Gasteiger partial charge in [0.05, 0.1) is 21.6 Å². The Morgan fingerprint density at radius 1 is 1.37 bits per heavy atom. The third-order valence-corrected chi connectivity index (χ3v) is 4.93. The molecule has 0 atom stereocenters. The van der Waals surface area contributed by atoms with Crippen LogP contribution in [0.5, 0.6) is 0 Å². The second-order valence-electron chi connectivity index (χ2n) is 5.34. The molecule has 2 aromatic rings. The molecule has 4 nitrogen and oxygen atoms in total. The summed E-state index contributed by atoms with van der Waals surface area (Å²) >= 11 is 1.64. The zero-order valence-corrected chi connectivity index (χ0v) is 12.3. The summed E-state index contributed by atoms with van der Waals surface area (Å²) in [4.78, 5) is 9.10. The number of likely N-dealkylation sites (tertiary alicyclic amines) is 1. The molecule has 0 bridgehead atoms. The second-order valence-corrected chi connectivity index (χ2v) is 6.23. The van der Waals surface area contributed by atoms with Crippen molar-refractivity contribution in [3.05, 3.63) is 17.6 Å². The van der Waals surface area contributed by atoms with Gasteiger partial charge in [0.2, 0.25) is 0 Å². The fourth-order valence-corrected chi connectivity index (χ4v) is 3.52. The Morgan fingerprint density at radius 2 is 2.11 bits per heavy atom. The number of anilines is 2. The van der Waals surface area contributed by atoms with Crippen LogP contribution < -0.4 is 10.6 Å². The Morgan fingerprint density at radius 3 is 2.84 bits per heavy atom. The van der Waals surface area contributed by atoms with Gasteiger partial charge < -0.3 is 15.5 Å². The molecule has 0 aliphatic carbocycles. The number of hydrogen-bond donors (Lipinski definition) is 1. The molecule has 0 spiro atoms. The number of fused-ring (bicyclic) bond motifs is 1. The Balaban J connectivity index is 1.88. The largest absolute Gasteiger partial charge is 0.395 e. The van der Waals surface area contributed by atoms with E-state index in [4.69, 9.17) is 5.73 Å². The minimum absolute atomic E-state index is 0.578. The molecule has 0 amide bonds. The molecular formula is C14H20N4S. The number of nitrogen functional groups attached to an aromatic ring is 1. The molecule has 1 fully saturated rings. The van der Waals surface area contributed by atoms with Gasteiger partial charge in [0.15, 0.2) is 0 Å². The standard InChI is InChI=1S/C14H20N4S/c1-17-7-5-10(6-8-17)18(2)11-3-4-12-14(13(11)15)16-9-19-12/h3-4,9-10H,5-8,15H2,1-2H3. The van der Waals surface area contributed by atoms with Crippen LogP contribution in [0, 0.1) is 0 Å². The molecule has 1 aromatic carbocycles. The number of aromatic nitrogens is 1. The van der Waals surface area contributed by atoms with Gasteiger partial charge in [0.1, 0.15) is 5.52 Å². The van der Waals surface area contributed by atoms with E-state index in [0.29, 0.717) is 6.04 Å². The summed E-state index contributed by atoms with van der Waals surface area (Å²) in [5.41, 5.74) is 11.0. The molecule has 0 radical (unpaired) electrons. The molecule has 2 N–H and O–H groups in total. The van der Waals surface area contributed by atoms with Crippen molar-refractivity contribution in [3.8, 4) is 0 Å². The van der Waals surface area contributed by atoms with Crippen LogP contribution in [0.3, 0.4) is 0 Å². The third-order valence-electron chi connectivity index (χ3n) is 4.13. The summed E-state index contributed by atoms with van der Waals surface area (Å²) < 4.78 is 1.16. The van der Waals surface area contributed by atoms with E-state index in [1.807, 2.05) is 5.51 Å². The molecule has 2 heterocycles. The maximum absolute atomic E-state index is 6.29. The fourth-order valence-electron chi connectivity index (χ4n) is 2.83. The molecule has 1 saturated heterocycles. The minimum Gasteiger partial charge on any atom is -0.395 e. The zero-order chi connectivity index (χ0) is 13.4. The van der Waals surface area contributed by atoms with Gasteiger partial charge in [-0.05, 0) is 45.1 Å². The van der Waals surface area contributed by atoms with Crippen molar-refractivity contribution in [1.29, 1.82) is 0 Å². The first-order chi connectivity index (χ1) is 9.16. The molecule has 5 heteroatoms. The van der Waals surface area contributed by atoms with Crippen LogP contribution in [-0.2, 0) is 0 Å². The number of piperidine rings is 1. The number of thiazole rings is 1. The molecule has 0 saturated carbocycles. The highest BCUT2D eigenvalue weighted by Crippen LogP contribution is 2.34. The van der Waals surface area contributed by atoms with Crippen LogP contribution in [0.25, 0.3) is 10.2 Å². The van der Waals surface area contributed by atoms with E-state index in [1.165, 1.54) is 12.8 Å². The third kappa shape index (κ3) is 2.28. The normalized spacial score (nSPS) is 18.0. The lowest BCUT2D eigenvalue weighted by Gasteiger charge is -2.36. The summed E-state index contributed by atoms with van der Waals surface area (Å²) in [5, 5.41) is 0. The van der Waals surface area contributed by atoms with Crippen LogP contribution in [0.1, 0.15) is 12.8 Å². The van der Waals surface area contributed by atoms with Crippen molar-refractivity contribution in [2.75, 3.05) is 37.8 Å². The van der Waals surface area contributed by atoms with E-state index in [1.54, 1.807) is 11.3 Å². The number of rotatable bonds is 2. The van der Waals surface area contributed by atoms with E-state index in [0.717, 1.165) is 34.7 Å². The maximum atomic E-state index is 6.29. The van der Waals surface area contributed by atoms with Gasteiger partial charge in [-0.2, -0.15) is 0 Å². The maximum Gasteiger partial charge on any atom is 0.106 e. The first-order valence-electron chi connectivity index (χ1n) is 6.70. The van der Waals surface area contributed by atoms with Gasteiger partial charge in [-0.1, -0.05) is 0 Å². The Kier molecular flexibility index (Phi) is 3.33. The van der Waals surface area contributed by atoms with Gasteiger partial charge in [0.25, 0.3) is 0 Å². The molecule has 102 valence electrons. The minimum atomic E-state index is 0.578. The van der Waals surface area contributed by atoms with E-state index in [9.17, 15) is 0 Å². The first-order valence-corrected chi connectivity index (χ1v) is 7.58. The summed E-state index contributed by atoms with van der Waals surface area (Å²) in [6.07, 6.45) is 2.39. The predicted octanol–water partition coefficient (Wildman–Crippen LogP) is 2.41. The Labute approximate surface area is 117 Å². The van der Waals surface area contributed by atoms with E-state index in [2.05, 4.69) is 41.0 Å². The highest BCUT2D eigenvalue weighted by atomic mass is 32.1. The summed E-state index contributed by atoms with van der Waals surface area (Å²) in [6.45, 7) is 2.32. The highest BCUT2D eigenvalue weighted by molar-refractivity contribution is 7.16. The molecule has 1 aliphatic rings. The average molecular weight is 276 g/mol. The van der Waals surface area contributed by atoms with Gasteiger partial charge in [0, 0.05) is 13.1 Å². The predicted molar refractivity (Wildman–Crippen MR) is 83.0 cm³/mol. The van der Waals surface area contributed by atoms with E-state index < -0.39 is 0 Å². The van der Waals surface area contributed by atoms with Crippen molar-refractivity contribution in [2.24, 2.45) is 0 Å². The van der Waals surface area contributed by atoms with Gasteiger partial charge >= 0.3 is 0 Å². The first kappa shape index (κ1) is 12.7. The second kappa shape index (κ2) is 4.98. The SMILES string of the molecule is CN1CCC(N(C)c2ccc3scnc3c2N)CC1. The average Bonchev–Trinajstić information content (AvgIpc) is 2.88. The summed E-state index contributed by atoms with van der Waals surface area (Å²) in [5.74, 6) is 0. The van der Waals surface area contributed by atoms with Gasteiger partial charge in [-0.15, -0.1) is 11.3 Å². The Bertz CT molecular complexity index is 572. The van der Waals surface area contributed by atoms with Crippen LogP contribution in [0.2, 0.25) is 0 Å². The number of hydrogen-bond acceptors (Lipinski definition) is 5. The van der Waals surface area contributed by atoms with E-state index in [-0.39, 0.29) is 0 Å². The van der Waals surface area contributed by atoms with Crippen molar-refractivity contribution in [2.45, 2.75) is 18.9 Å². The highest BCUT2D eigenvalue weighted by Gasteiger charge is 2.22. The smallest absolute Gasteiger partial charge is 0.106 e.